The van der Waals surface area contributed by atoms with Gasteiger partial charge in [-0.25, -0.2) is 0 Å². The minimum Gasteiger partial charge on any atom is -0.198 e. The van der Waals surface area contributed by atoms with Gasteiger partial charge in [0, 0.05) is 0 Å². The summed E-state index contributed by atoms with van der Waals surface area (Å²) in [6.45, 7) is 0. The van der Waals surface area contributed by atoms with E-state index in [1.165, 1.54) is 0 Å². The van der Waals surface area contributed by atoms with Gasteiger partial charge in [0.1, 0.15) is 0 Å². The lowest BCUT2D eigenvalue weighted by Gasteiger charge is -2.14. The number of rotatable bonds is 0. The van der Waals surface area contributed by atoms with E-state index in [0.717, 1.165) is 19.3 Å². The van der Waals surface area contributed by atoms with Crippen LogP contribution in [0.5, 0.6) is 0 Å². The molecule has 6 aliphatic rings. The quantitative estimate of drug-likeness (QED) is 0.518. The van der Waals surface area contributed by atoms with Crippen molar-refractivity contribution in [1.29, 1.82) is 31.6 Å². The Bertz CT molecular complexity index is 895. The molecule has 0 spiro atoms. The van der Waals surface area contributed by atoms with Crippen molar-refractivity contribution in [1.82, 2.24) is 0 Å². The van der Waals surface area contributed by atoms with Crippen LogP contribution in [0.25, 0.3) is 0 Å². The van der Waals surface area contributed by atoms with Gasteiger partial charge in [-0.2, -0.15) is 31.6 Å². The number of fused-ring (bicyclic) bond motifs is 6. The Balaban J connectivity index is 0.000000118. The molecule has 0 saturated heterocycles. The highest BCUT2D eigenvalue weighted by Gasteiger charge is 2.46. The molecule has 6 nitrogen and oxygen atoms in total. The van der Waals surface area contributed by atoms with Crippen LogP contribution in [0.1, 0.15) is 19.3 Å². The summed E-state index contributed by atoms with van der Waals surface area (Å²) >= 11 is 0. The lowest BCUT2D eigenvalue weighted by Crippen LogP contribution is -2.15. The van der Waals surface area contributed by atoms with Crippen LogP contribution in [0.4, 0.5) is 0 Å². The van der Waals surface area contributed by atoms with Gasteiger partial charge in [-0.1, -0.05) is 36.5 Å². The minimum absolute atomic E-state index is 0.0324. The molecule has 162 valence electrons. The Morgan fingerprint density at radius 1 is 0.333 bits per heavy atom. The summed E-state index contributed by atoms with van der Waals surface area (Å²) in [7, 11) is 0. The van der Waals surface area contributed by atoms with Gasteiger partial charge in [-0.05, 0) is 54.8 Å². The van der Waals surface area contributed by atoms with Crippen molar-refractivity contribution in [2.24, 2.45) is 71.0 Å². The lowest BCUT2D eigenvalue weighted by molar-refractivity contribution is 0.468. The molecule has 33 heavy (non-hydrogen) atoms. The van der Waals surface area contributed by atoms with Gasteiger partial charge in [0.25, 0.3) is 0 Å². The zero-order chi connectivity index (χ0) is 23.5. The zero-order valence-electron chi connectivity index (χ0n) is 18.2. The van der Waals surface area contributed by atoms with Crippen LogP contribution in [-0.2, 0) is 0 Å². The molecule has 6 bridgehead atoms. The highest BCUT2D eigenvalue weighted by atomic mass is 14.5. The van der Waals surface area contributed by atoms with Crippen LogP contribution < -0.4 is 0 Å². The van der Waals surface area contributed by atoms with E-state index in [9.17, 15) is 0 Å². The average Bonchev–Trinajstić information content (AvgIpc) is 3.69. The number of nitriles is 6. The molecule has 0 amide bonds. The summed E-state index contributed by atoms with van der Waals surface area (Å²) in [6.07, 6.45) is 15.6. The van der Waals surface area contributed by atoms with E-state index in [1.807, 2.05) is 0 Å². The Morgan fingerprint density at radius 3 is 0.606 bits per heavy atom. The molecule has 0 unspecified atom stereocenters. The van der Waals surface area contributed by atoms with Crippen LogP contribution in [0.2, 0.25) is 0 Å². The van der Waals surface area contributed by atoms with E-state index in [1.54, 1.807) is 0 Å². The highest BCUT2D eigenvalue weighted by molar-refractivity contribution is 5.24. The number of hydrogen-bond acceptors (Lipinski definition) is 6. The third-order valence-electron chi connectivity index (χ3n) is 8.27. The summed E-state index contributed by atoms with van der Waals surface area (Å²) in [5.74, 6) is 2.03. The maximum Gasteiger partial charge on any atom is 0.0690 e. The minimum atomic E-state index is -0.0324. The molecular weight excluding hydrogens is 408 g/mol. The fraction of sp³-hybridized carbons (Fsp3) is 0.556. The standard InChI is InChI=1S/3C9H8N2/c3*10-4-8-6-1-2-7(3-6)9(8)5-11/h3*1-2,6-9H,3H2/t6-,7+,8+,9-;6-,7+,8-,9+;6-,7+,8-,9-/m..1/s1. The van der Waals surface area contributed by atoms with E-state index in [4.69, 9.17) is 31.6 Å². The van der Waals surface area contributed by atoms with Crippen LogP contribution in [-0.4, -0.2) is 0 Å². The second kappa shape index (κ2) is 9.34. The maximum atomic E-state index is 8.75. The van der Waals surface area contributed by atoms with Crippen molar-refractivity contribution in [2.45, 2.75) is 19.3 Å². The van der Waals surface area contributed by atoms with Crippen LogP contribution in [0, 0.1) is 139 Å². The van der Waals surface area contributed by atoms with Crippen molar-refractivity contribution >= 4 is 0 Å². The predicted octanol–water partition coefficient (Wildman–Crippen LogP) is 4.42. The smallest absolute Gasteiger partial charge is 0.0690 e. The molecule has 6 rings (SSSR count). The predicted molar refractivity (Wildman–Crippen MR) is 117 cm³/mol. The fourth-order valence-electron chi connectivity index (χ4n) is 6.52. The molecule has 3 fully saturated rings. The molecule has 3 saturated carbocycles. The van der Waals surface area contributed by atoms with E-state index in [0.29, 0.717) is 35.5 Å². The first-order chi connectivity index (χ1) is 16.1. The number of allylic oxidation sites excluding steroid dienone is 6. The number of hydrogen-bond donors (Lipinski definition) is 0. The van der Waals surface area contributed by atoms with Crippen molar-refractivity contribution in [3.8, 4) is 36.4 Å². The summed E-state index contributed by atoms with van der Waals surface area (Å²) < 4.78 is 0. The fourth-order valence-corrected chi connectivity index (χ4v) is 6.52. The lowest BCUT2D eigenvalue weighted by atomic mass is 9.85. The van der Waals surface area contributed by atoms with Gasteiger partial charge in [-0.15, -0.1) is 0 Å². The monoisotopic (exact) mass is 432 g/mol. The molecule has 0 aliphatic heterocycles. The Morgan fingerprint density at radius 2 is 0.485 bits per heavy atom. The normalized spacial score (nSPS) is 45.3. The van der Waals surface area contributed by atoms with Crippen LogP contribution in [0.15, 0.2) is 36.5 Å². The molecule has 0 radical (unpaired) electrons. The third kappa shape index (κ3) is 3.81. The van der Waals surface area contributed by atoms with Gasteiger partial charge in [0.05, 0.1) is 71.9 Å². The molecule has 0 aromatic rings. The summed E-state index contributed by atoms with van der Waals surface area (Å²) in [5.41, 5.74) is 0. The van der Waals surface area contributed by atoms with Crippen molar-refractivity contribution in [3.05, 3.63) is 36.5 Å². The maximum absolute atomic E-state index is 8.75. The first kappa shape index (κ1) is 22.4. The van der Waals surface area contributed by atoms with Gasteiger partial charge >= 0.3 is 0 Å². The second-order valence-corrected chi connectivity index (χ2v) is 9.77. The Kier molecular flexibility index (Phi) is 6.33. The molecule has 6 heteroatoms. The summed E-state index contributed by atoms with van der Waals surface area (Å²) in [5, 5.41) is 52.5. The Labute approximate surface area is 194 Å². The summed E-state index contributed by atoms with van der Waals surface area (Å²) in [4.78, 5) is 0. The van der Waals surface area contributed by atoms with Gasteiger partial charge in [-0.3, -0.25) is 0 Å². The van der Waals surface area contributed by atoms with Crippen LogP contribution in [0.3, 0.4) is 0 Å². The highest BCUT2D eigenvalue weighted by Crippen LogP contribution is 2.48. The first-order valence-corrected chi connectivity index (χ1v) is 11.5. The molecule has 6 aliphatic carbocycles. The molecule has 0 N–H and O–H groups in total. The van der Waals surface area contributed by atoms with Crippen molar-refractivity contribution < 1.29 is 0 Å². The topological polar surface area (TPSA) is 143 Å². The largest absolute Gasteiger partial charge is 0.198 e. The summed E-state index contributed by atoms with van der Waals surface area (Å²) in [6, 6.07) is 13.3. The molecule has 0 aromatic heterocycles. The van der Waals surface area contributed by atoms with E-state index >= 15 is 0 Å². The van der Waals surface area contributed by atoms with Gasteiger partial charge < -0.3 is 0 Å². The first-order valence-electron chi connectivity index (χ1n) is 11.5. The van der Waals surface area contributed by atoms with E-state index in [-0.39, 0.29) is 35.5 Å². The number of nitrogens with zero attached hydrogens (tertiary/aromatic N) is 6. The van der Waals surface area contributed by atoms with Gasteiger partial charge in [0.2, 0.25) is 0 Å². The van der Waals surface area contributed by atoms with Gasteiger partial charge in [0.15, 0.2) is 0 Å². The van der Waals surface area contributed by atoms with Crippen LogP contribution >= 0.6 is 0 Å². The average molecular weight is 433 g/mol. The van der Waals surface area contributed by atoms with E-state index in [2.05, 4.69) is 72.9 Å². The molecular formula is C27H24N6. The SMILES string of the molecule is N#C[C@@H]1[C@H](C#N)[C@@H]2C=C[C@H]1C2.N#C[C@@H]1[C@H](C#N)[C@H]2C=C[C@@H]1C2.N#C[C@H]1[C@H](C#N)[C@H]2C=C[C@@H]1C2. The molecule has 0 heterocycles. The molecule has 0 aromatic carbocycles. The second-order valence-electron chi connectivity index (χ2n) is 9.77. The van der Waals surface area contributed by atoms with Crippen molar-refractivity contribution in [2.75, 3.05) is 0 Å². The van der Waals surface area contributed by atoms with E-state index < -0.39 is 0 Å². The molecule has 12 atom stereocenters. The Hall–Kier alpha value is -3.84. The third-order valence-corrected chi connectivity index (χ3v) is 8.27. The zero-order valence-corrected chi connectivity index (χ0v) is 18.2. The van der Waals surface area contributed by atoms with Crippen molar-refractivity contribution in [3.63, 3.8) is 0 Å².